The van der Waals surface area contributed by atoms with E-state index in [2.05, 4.69) is 4.98 Å². The average molecular weight is 118 g/mol. The zero-order valence-electron chi connectivity index (χ0n) is 5.89. The van der Waals surface area contributed by atoms with Gasteiger partial charge in [0.05, 0.1) is 1.37 Å². The SMILES string of the molecule is [2H]c1ccc2[nH]cccc1-2. The van der Waals surface area contributed by atoms with Gasteiger partial charge < -0.3 is 4.98 Å². The lowest BCUT2D eigenvalue weighted by molar-refractivity contribution is 1.34. The summed E-state index contributed by atoms with van der Waals surface area (Å²) < 4.78 is 7.42. The molecule has 1 nitrogen and oxygen atoms in total. The number of aromatic amines is 1. The third-order valence-electron chi connectivity index (χ3n) is 1.38. The third kappa shape index (κ3) is 0.617. The summed E-state index contributed by atoms with van der Waals surface area (Å²) in [4.78, 5) is 3.05. The van der Waals surface area contributed by atoms with Crippen LogP contribution in [0.2, 0.25) is 0 Å². The molecule has 1 N–H and O–H groups in total. The number of aromatic nitrogens is 1. The molecule has 2 aliphatic rings. The van der Waals surface area contributed by atoms with Gasteiger partial charge in [0, 0.05) is 11.9 Å². The van der Waals surface area contributed by atoms with E-state index >= 15 is 0 Å². The average Bonchev–Trinajstić information content (AvgIpc) is 2.34. The van der Waals surface area contributed by atoms with Gasteiger partial charge in [-0.2, -0.15) is 0 Å². The molecule has 0 aromatic heterocycles. The van der Waals surface area contributed by atoms with Crippen molar-refractivity contribution in [1.82, 2.24) is 4.98 Å². The van der Waals surface area contributed by atoms with Crippen molar-refractivity contribution in [2.45, 2.75) is 0 Å². The van der Waals surface area contributed by atoms with Crippen LogP contribution >= 0.6 is 0 Å². The number of rotatable bonds is 0. The first kappa shape index (κ1) is 3.72. The molecule has 0 saturated heterocycles. The Balaban J connectivity index is 2.78. The molecular formula is C8H7N. The predicted molar refractivity (Wildman–Crippen MR) is 37.4 cm³/mol. The molecule has 2 rings (SSSR count). The van der Waals surface area contributed by atoms with Crippen LogP contribution in [0, 0.1) is 0 Å². The molecule has 0 spiro atoms. The normalized spacial score (nSPS) is 11.8. The van der Waals surface area contributed by atoms with Crippen LogP contribution in [0.25, 0.3) is 11.3 Å². The Kier molecular flexibility index (Phi) is 0.671. The second-order valence-corrected chi connectivity index (χ2v) is 1.98. The number of fused-ring (bicyclic) bond motifs is 1. The molecule has 1 heterocycles. The molecule has 0 atom stereocenters. The Morgan fingerprint density at radius 3 is 3.22 bits per heavy atom. The molecule has 0 saturated carbocycles. The van der Waals surface area contributed by atoms with E-state index in [9.17, 15) is 0 Å². The predicted octanol–water partition coefficient (Wildman–Crippen LogP) is 2.12. The van der Waals surface area contributed by atoms with E-state index in [1.807, 2.05) is 24.4 Å². The zero-order chi connectivity index (χ0) is 6.97. The van der Waals surface area contributed by atoms with Crippen molar-refractivity contribution < 1.29 is 1.37 Å². The summed E-state index contributed by atoms with van der Waals surface area (Å²) in [5.41, 5.74) is 2.02. The molecule has 0 radical (unpaired) electrons. The zero-order valence-corrected chi connectivity index (χ0v) is 4.89. The van der Waals surface area contributed by atoms with Gasteiger partial charge >= 0.3 is 0 Å². The number of nitrogens with one attached hydrogen (secondary N) is 1. The Morgan fingerprint density at radius 1 is 1.33 bits per heavy atom. The molecule has 1 heteroatoms. The van der Waals surface area contributed by atoms with E-state index in [1.165, 1.54) is 0 Å². The molecule has 0 fully saturated rings. The minimum absolute atomic E-state index is 0.590. The van der Waals surface area contributed by atoms with Gasteiger partial charge in [0.2, 0.25) is 0 Å². The minimum atomic E-state index is 0.590. The molecule has 1 aliphatic carbocycles. The van der Waals surface area contributed by atoms with Crippen molar-refractivity contribution >= 4 is 0 Å². The Bertz CT molecular complexity index is 313. The quantitative estimate of drug-likeness (QED) is 0.545. The molecule has 1 aliphatic heterocycles. The van der Waals surface area contributed by atoms with E-state index in [-0.39, 0.29) is 0 Å². The summed E-state index contributed by atoms with van der Waals surface area (Å²) in [5.74, 6) is 0. The van der Waals surface area contributed by atoms with Crippen molar-refractivity contribution in [3.05, 3.63) is 36.5 Å². The highest BCUT2D eigenvalue weighted by Gasteiger charge is 1.95. The molecule has 9 heavy (non-hydrogen) atoms. The van der Waals surface area contributed by atoms with Gasteiger partial charge in [-0.15, -0.1) is 0 Å². The van der Waals surface area contributed by atoms with Crippen LogP contribution in [0.15, 0.2) is 36.5 Å². The van der Waals surface area contributed by atoms with Crippen LogP contribution in [0.5, 0.6) is 0 Å². The minimum Gasteiger partial charge on any atom is -0.361 e. The maximum Gasteiger partial charge on any atom is 0.0630 e. The van der Waals surface area contributed by atoms with E-state index in [0.717, 1.165) is 11.3 Å². The van der Waals surface area contributed by atoms with E-state index in [0.29, 0.717) is 6.04 Å². The fourth-order valence-electron chi connectivity index (χ4n) is 0.928. The maximum absolute atomic E-state index is 7.42. The summed E-state index contributed by atoms with van der Waals surface area (Å²) >= 11 is 0. The van der Waals surface area contributed by atoms with Crippen LogP contribution in [0.4, 0.5) is 0 Å². The fraction of sp³-hybridized carbons (Fsp3) is 0. The van der Waals surface area contributed by atoms with Gasteiger partial charge in [-0.05, 0) is 17.7 Å². The number of H-pyrrole nitrogens is 1. The lowest BCUT2D eigenvalue weighted by Crippen LogP contribution is -1.74. The second-order valence-electron chi connectivity index (χ2n) is 1.98. The number of pyridine rings is 1. The highest BCUT2D eigenvalue weighted by Crippen LogP contribution is 2.17. The van der Waals surface area contributed by atoms with Crippen molar-refractivity contribution in [3.63, 3.8) is 0 Å². The fourth-order valence-corrected chi connectivity index (χ4v) is 0.928. The molecule has 0 bridgehead atoms. The molecule has 44 valence electrons. The number of hydrogen-bond donors (Lipinski definition) is 1. The van der Waals surface area contributed by atoms with Crippen LogP contribution in [0.1, 0.15) is 1.37 Å². The summed E-state index contributed by atoms with van der Waals surface area (Å²) in [7, 11) is 0. The molecule has 0 amide bonds. The summed E-state index contributed by atoms with van der Waals surface area (Å²) in [6.45, 7) is 0. The molecule has 0 unspecified atom stereocenters. The number of hydrogen-bond acceptors (Lipinski definition) is 0. The van der Waals surface area contributed by atoms with Gasteiger partial charge in [0.25, 0.3) is 0 Å². The highest BCUT2D eigenvalue weighted by molar-refractivity contribution is 5.61. The Morgan fingerprint density at radius 2 is 2.33 bits per heavy atom. The first-order valence-corrected chi connectivity index (χ1v) is 2.90. The van der Waals surface area contributed by atoms with Crippen molar-refractivity contribution in [1.29, 1.82) is 0 Å². The van der Waals surface area contributed by atoms with Gasteiger partial charge in [0.1, 0.15) is 0 Å². The van der Waals surface area contributed by atoms with E-state index in [1.54, 1.807) is 6.07 Å². The standard InChI is InChI=1S/C8H7N/c1-3-7-4-2-6-9-8(7)5-1/h1-6,9H/i3D. The highest BCUT2D eigenvalue weighted by atomic mass is 14.7. The van der Waals surface area contributed by atoms with Crippen LogP contribution in [-0.4, -0.2) is 4.98 Å². The van der Waals surface area contributed by atoms with Crippen molar-refractivity contribution in [2.24, 2.45) is 0 Å². The topological polar surface area (TPSA) is 15.8 Å². The van der Waals surface area contributed by atoms with Gasteiger partial charge in [-0.1, -0.05) is 18.2 Å². The lowest BCUT2D eigenvalue weighted by Gasteiger charge is -1.93. The lowest BCUT2D eigenvalue weighted by atomic mass is 10.2. The van der Waals surface area contributed by atoms with Crippen LogP contribution in [-0.2, 0) is 0 Å². The third-order valence-corrected chi connectivity index (χ3v) is 1.38. The Labute approximate surface area is 55.1 Å². The summed E-state index contributed by atoms with van der Waals surface area (Å²) in [6, 6.07) is 8.14. The van der Waals surface area contributed by atoms with Crippen LogP contribution in [0.3, 0.4) is 0 Å². The molecule has 0 aromatic carbocycles. The van der Waals surface area contributed by atoms with Gasteiger partial charge in [-0.25, -0.2) is 0 Å². The van der Waals surface area contributed by atoms with Crippen molar-refractivity contribution in [3.8, 4) is 11.3 Å². The summed E-state index contributed by atoms with van der Waals surface area (Å²) in [5, 5.41) is 0. The monoisotopic (exact) mass is 118 g/mol. The van der Waals surface area contributed by atoms with Gasteiger partial charge in [0.15, 0.2) is 0 Å². The van der Waals surface area contributed by atoms with E-state index < -0.39 is 0 Å². The first-order chi connectivity index (χ1) is 4.88. The van der Waals surface area contributed by atoms with Crippen molar-refractivity contribution in [2.75, 3.05) is 0 Å². The Hall–Kier alpha value is -1.24. The molecular weight excluding hydrogens is 110 g/mol. The maximum atomic E-state index is 7.42. The largest absolute Gasteiger partial charge is 0.361 e. The second kappa shape index (κ2) is 1.62. The van der Waals surface area contributed by atoms with Gasteiger partial charge in [-0.3, -0.25) is 0 Å². The summed E-state index contributed by atoms with van der Waals surface area (Å²) in [6.07, 6.45) is 1.86. The molecule has 0 aromatic rings. The van der Waals surface area contributed by atoms with E-state index in [4.69, 9.17) is 1.37 Å². The first-order valence-electron chi connectivity index (χ1n) is 3.40. The van der Waals surface area contributed by atoms with Crippen LogP contribution < -0.4 is 0 Å². The smallest absolute Gasteiger partial charge is 0.0630 e.